The first-order chi connectivity index (χ1) is 7.77. The highest BCUT2D eigenvalue weighted by Gasteiger charge is 2.57. The number of carbonyl (C=O) groups excluding carboxylic acids is 1. The maximum atomic E-state index is 12.4. The zero-order chi connectivity index (χ0) is 11.2. The summed E-state index contributed by atoms with van der Waals surface area (Å²) in [6.07, 6.45) is 4.45. The summed E-state index contributed by atoms with van der Waals surface area (Å²) in [6.45, 7) is 7.81. The van der Waals surface area contributed by atoms with Gasteiger partial charge in [-0.25, -0.2) is 0 Å². The fraction of sp³-hybridized carbons (Fsp3) is 0.923. The Bertz CT molecular complexity index is 296. The van der Waals surface area contributed by atoms with E-state index in [2.05, 4.69) is 16.7 Å². The predicted octanol–water partition coefficient (Wildman–Crippen LogP) is 1.14. The minimum absolute atomic E-state index is 0.0630. The van der Waals surface area contributed by atoms with E-state index in [1.165, 1.54) is 32.4 Å². The highest BCUT2D eigenvalue weighted by Crippen LogP contribution is 2.43. The van der Waals surface area contributed by atoms with Crippen LogP contribution < -0.4 is 0 Å². The summed E-state index contributed by atoms with van der Waals surface area (Å²) < 4.78 is 0. The standard InChI is InChI=1S/C13H22N2O/c1-2-6-15-9-5-12(16)13(15)10-14-7-3-11(13)4-8-14/h11H,2-10H2,1H3. The number of hydrogen-bond donors (Lipinski definition) is 0. The second-order valence-electron chi connectivity index (χ2n) is 5.63. The van der Waals surface area contributed by atoms with E-state index >= 15 is 0 Å². The Kier molecular flexibility index (Phi) is 2.55. The minimum atomic E-state index is -0.0630. The van der Waals surface area contributed by atoms with Crippen LogP contribution in [-0.2, 0) is 4.79 Å². The number of rotatable bonds is 2. The largest absolute Gasteiger partial charge is 0.301 e. The Balaban J connectivity index is 1.91. The number of ketones is 1. The topological polar surface area (TPSA) is 23.6 Å². The second kappa shape index (κ2) is 3.81. The second-order valence-corrected chi connectivity index (χ2v) is 5.63. The van der Waals surface area contributed by atoms with Crippen LogP contribution in [0, 0.1) is 5.92 Å². The summed E-state index contributed by atoms with van der Waals surface area (Å²) in [5, 5.41) is 0. The minimum Gasteiger partial charge on any atom is -0.301 e. The van der Waals surface area contributed by atoms with Gasteiger partial charge >= 0.3 is 0 Å². The van der Waals surface area contributed by atoms with E-state index < -0.39 is 0 Å². The van der Waals surface area contributed by atoms with Crippen molar-refractivity contribution in [1.82, 2.24) is 9.80 Å². The first-order valence-electron chi connectivity index (χ1n) is 6.78. The summed E-state index contributed by atoms with van der Waals surface area (Å²) >= 11 is 0. The third-order valence-corrected chi connectivity index (χ3v) is 4.88. The Morgan fingerprint density at radius 2 is 2.06 bits per heavy atom. The molecular formula is C13H22N2O. The maximum Gasteiger partial charge on any atom is 0.155 e. The molecule has 1 spiro atoms. The number of Topliss-reactive ketones (excluding diaryl/α,β-unsaturated/α-hetero) is 1. The lowest BCUT2D eigenvalue weighted by molar-refractivity contribution is -0.137. The molecule has 0 aromatic carbocycles. The van der Waals surface area contributed by atoms with Gasteiger partial charge in [-0.3, -0.25) is 9.69 Å². The van der Waals surface area contributed by atoms with E-state index in [1.54, 1.807) is 0 Å². The Morgan fingerprint density at radius 3 is 2.62 bits per heavy atom. The average Bonchev–Trinajstić information content (AvgIpc) is 2.61. The van der Waals surface area contributed by atoms with Gasteiger partial charge in [-0.15, -0.1) is 0 Å². The lowest BCUT2D eigenvalue weighted by atomic mass is 9.70. The van der Waals surface area contributed by atoms with Gasteiger partial charge in [-0.05, 0) is 44.8 Å². The molecule has 0 radical (unpaired) electrons. The van der Waals surface area contributed by atoms with Gasteiger partial charge in [0.15, 0.2) is 5.78 Å². The normalized spacial score (nSPS) is 43.4. The molecular weight excluding hydrogens is 200 g/mol. The summed E-state index contributed by atoms with van der Waals surface area (Å²) in [5.74, 6) is 1.19. The molecule has 0 saturated carbocycles. The van der Waals surface area contributed by atoms with Gasteiger partial charge in [0.2, 0.25) is 0 Å². The van der Waals surface area contributed by atoms with E-state index in [9.17, 15) is 4.79 Å². The average molecular weight is 222 g/mol. The number of fused-ring (bicyclic) bond motifs is 2. The highest BCUT2D eigenvalue weighted by molar-refractivity contribution is 5.91. The van der Waals surface area contributed by atoms with Crippen LogP contribution in [0.5, 0.6) is 0 Å². The van der Waals surface area contributed by atoms with Crippen molar-refractivity contribution < 1.29 is 4.79 Å². The van der Waals surface area contributed by atoms with Gasteiger partial charge in [0.25, 0.3) is 0 Å². The van der Waals surface area contributed by atoms with E-state index in [4.69, 9.17) is 0 Å². The number of likely N-dealkylation sites (tertiary alicyclic amines) is 1. The molecule has 1 unspecified atom stereocenters. The van der Waals surface area contributed by atoms with Crippen LogP contribution in [0.3, 0.4) is 0 Å². The van der Waals surface area contributed by atoms with E-state index in [0.29, 0.717) is 11.7 Å². The Morgan fingerprint density at radius 1 is 1.31 bits per heavy atom. The van der Waals surface area contributed by atoms with Gasteiger partial charge in [0.05, 0.1) is 5.54 Å². The first kappa shape index (κ1) is 10.7. The molecule has 3 nitrogen and oxygen atoms in total. The summed E-state index contributed by atoms with van der Waals surface area (Å²) in [6, 6.07) is 0. The maximum absolute atomic E-state index is 12.4. The molecule has 4 heterocycles. The van der Waals surface area contributed by atoms with Crippen molar-refractivity contribution >= 4 is 5.78 Å². The molecule has 0 aliphatic carbocycles. The van der Waals surface area contributed by atoms with E-state index in [1.807, 2.05) is 0 Å². The number of nitrogens with zero attached hydrogens (tertiary/aromatic N) is 2. The molecule has 3 heteroatoms. The zero-order valence-electron chi connectivity index (χ0n) is 10.2. The summed E-state index contributed by atoms with van der Waals surface area (Å²) in [4.78, 5) is 17.4. The number of hydrogen-bond acceptors (Lipinski definition) is 3. The third-order valence-electron chi connectivity index (χ3n) is 4.88. The molecule has 4 aliphatic heterocycles. The van der Waals surface area contributed by atoms with Crippen LogP contribution in [0.4, 0.5) is 0 Å². The van der Waals surface area contributed by atoms with Crippen molar-refractivity contribution in [2.75, 3.05) is 32.7 Å². The van der Waals surface area contributed by atoms with Crippen LogP contribution in [0.1, 0.15) is 32.6 Å². The van der Waals surface area contributed by atoms with Gasteiger partial charge in [-0.1, -0.05) is 6.92 Å². The molecule has 4 fully saturated rings. The van der Waals surface area contributed by atoms with Crippen molar-refractivity contribution in [3.8, 4) is 0 Å². The van der Waals surface area contributed by atoms with Crippen LogP contribution in [0.15, 0.2) is 0 Å². The molecule has 4 rings (SSSR count). The van der Waals surface area contributed by atoms with Gasteiger partial charge in [0, 0.05) is 19.5 Å². The van der Waals surface area contributed by atoms with Crippen molar-refractivity contribution in [3.05, 3.63) is 0 Å². The van der Waals surface area contributed by atoms with Crippen molar-refractivity contribution in [2.45, 2.75) is 38.1 Å². The van der Waals surface area contributed by atoms with E-state index in [-0.39, 0.29) is 5.54 Å². The first-order valence-corrected chi connectivity index (χ1v) is 6.78. The summed E-state index contributed by atoms with van der Waals surface area (Å²) in [5.41, 5.74) is -0.0630. The fourth-order valence-electron chi connectivity index (χ4n) is 4.12. The SMILES string of the molecule is CCCN1CCC(=O)C12CN1CCC2CC1. The Labute approximate surface area is 97.8 Å². The van der Waals surface area contributed by atoms with Crippen LogP contribution in [0.2, 0.25) is 0 Å². The van der Waals surface area contributed by atoms with Crippen LogP contribution in [0.25, 0.3) is 0 Å². The van der Waals surface area contributed by atoms with Crippen LogP contribution >= 0.6 is 0 Å². The molecule has 0 aromatic rings. The molecule has 16 heavy (non-hydrogen) atoms. The van der Waals surface area contributed by atoms with E-state index in [0.717, 1.165) is 26.1 Å². The molecule has 4 saturated heterocycles. The van der Waals surface area contributed by atoms with Crippen molar-refractivity contribution in [3.63, 3.8) is 0 Å². The van der Waals surface area contributed by atoms with Gasteiger partial charge in [0.1, 0.15) is 0 Å². The quantitative estimate of drug-likeness (QED) is 0.700. The summed E-state index contributed by atoms with van der Waals surface area (Å²) in [7, 11) is 0. The molecule has 90 valence electrons. The zero-order valence-corrected chi connectivity index (χ0v) is 10.2. The molecule has 0 aromatic heterocycles. The van der Waals surface area contributed by atoms with Gasteiger partial charge < -0.3 is 4.90 Å². The number of carbonyl (C=O) groups is 1. The molecule has 0 amide bonds. The predicted molar refractivity (Wildman–Crippen MR) is 63.4 cm³/mol. The lowest BCUT2D eigenvalue weighted by Gasteiger charge is -2.54. The molecule has 4 aliphatic rings. The highest BCUT2D eigenvalue weighted by atomic mass is 16.1. The molecule has 0 N–H and O–H groups in total. The van der Waals surface area contributed by atoms with Crippen LogP contribution in [-0.4, -0.2) is 53.8 Å². The molecule has 1 atom stereocenters. The van der Waals surface area contributed by atoms with Gasteiger partial charge in [-0.2, -0.15) is 0 Å². The monoisotopic (exact) mass is 222 g/mol. The lowest BCUT2D eigenvalue weighted by Crippen LogP contribution is -2.67. The Hall–Kier alpha value is -0.410. The fourth-order valence-corrected chi connectivity index (χ4v) is 4.12. The number of piperidine rings is 3. The molecule has 2 bridgehead atoms. The smallest absolute Gasteiger partial charge is 0.155 e. The third kappa shape index (κ3) is 1.31. The van der Waals surface area contributed by atoms with Crippen molar-refractivity contribution in [2.24, 2.45) is 5.92 Å². The van der Waals surface area contributed by atoms with Crippen molar-refractivity contribution in [1.29, 1.82) is 0 Å².